The molecule has 1 aromatic rings. The highest BCUT2D eigenvalue weighted by molar-refractivity contribution is 5.77. The maximum atomic E-state index is 11.5. The number of carbonyl (C=O) groups is 1. The van der Waals surface area contributed by atoms with Crippen LogP contribution in [-0.4, -0.2) is 12.5 Å². The molecule has 0 bridgehead atoms. The minimum atomic E-state index is -0.388. The normalized spacial score (nSPS) is 11.3. The Hall–Kier alpha value is -2.08. The second-order valence-electron chi connectivity index (χ2n) is 3.84. The van der Waals surface area contributed by atoms with Gasteiger partial charge < -0.3 is 5.32 Å². The summed E-state index contributed by atoms with van der Waals surface area (Å²) in [4.78, 5) is 11.5. The molecule has 0 fully saturated rings. The summed E-state index contributed by atoms with van der Waals surface area (Å²) in [5.41, 5.74) is 1.96. The van der Waals surface area contributed by atoms with Crippen LogP contribution >= 0.6 is 0 Å². The molecule has 1 amide bonds. The molecule has 1 N–H and O–H groups in total. The van der Waals surface area contributed by atoms with E-state index in [-0.39, 0.29) is 18.2 Å². The number of benzene rings is 1. The lowest BCUT2D eigenvalue weighted by molar-refractivity contribution is -0.121. The van der Waals surface area contributed by atoms with Crippen LogP contribution in [0.25, 0.3) is 0 Å². The molecular formula is C14H16N2O. The van der Waals surface area contributed by atoms with Crippen LogP contribution in [0.1, 0.15) is 23.5 Å². The van der Waals surface area contributed by atoms with Gasteiger partial charge in [-0.05, 0) is 18.1 Å². The van der Waals surface area contributed by atoms with Crippen LogP contribution in [0.3, 0.4) is 0 Å². The summed E-state index contributed by atoms with van der Waals surface area (Å²) in [6.45, 7) is 5.91. The molecule has 1 atom stereocenters. The van der Waals surface area contributed by atoms with Crippen LogP contribution < -0.4 is 5.32 Å². The van der Waals surface area contributed by atoms with Gasteiger partial charge in [0.2, 0.25) is 5.91 Å². The molecule has 0 aliphatic heterocycles. The average Bonchev–Trinajstić information content (AvgIpc) is 2.34. The molecule has 0 saturated carbocycles. The van der Waals surface area contributed by atoms with E-state index >= 15 is 0 Å². The molecule has 0 radical (unpaired) electrons. The van der Waals surface area contributed by atoms with Gasteiger partial charge in [0.05, 0.1) is 12.0 Å². The van der Waals surface area contributed by atoms with Crippen molar-refractivity contribution in [2.45, 2.75) is 19.3 Å². The number of hydrogen-bond donors (Lipinski definition) is 1. The molecule has 1 rings (SSSR count). The van der Waals surface area contributed by atoms with Crippen molar-refractivity contribution >= 4 is 5.91 Å². The van der Waals surface area contributed by atoms with Gasteiger partial charge in [-0.25, -0.2) is 0 Å². The minimum Gasteiger partial charge on any atom is -0.353 e. The topological polar surface area (TPSA) is 52.9 Å². The largest absolute Gasteiger partial charge is 0.353 e. The van der Waals surface area contributed by atoms with Crippen molar-refractivity contribution in [2.24, 2.45) is 0 Å². The molecule has 0 aromatic heterocycles. The van der Waals surface area contributed by atoms with Crippen LogP contribution in [0.5, 0.6) is 0 Å². The lowest BCUT2D eigenvalue weighted by Crippen LogP contribution is -2.24. The molecule has 3 nitrogen and oxygen atoms in total. The summed E-state index contributed by atoms with van der Waals surface area (Å²) in [6.07, 6.45) is 1.81. The Morgan fingerprint density at radius 2 is 2.29 bits per heavy atom. The van der Waals surface area contributed by atoms with E-state index in [0.717, 1.165) is 11.1 Å². The first-order chi connectivity index (χ1) is 8.19. The Bertz CT molecular complexity index is 446. The molecule has 0 aliphatic carbocycles. The summed E-state index contributed by atoms with van der Waals surface area (Å²) >= 11 is 0. The third-order valence-electron chi connectivity index (χ3n) is 2.55. The molecule has 88 valence electrons. The first kappa shape index (κ1) is 13.0. The van der Waals surface area contributed by atoms with Gasteiger partial charge in [-0.1, -0.05) is 30.3 Å². The summed E-state index contributed by atoms with van der Waals surface area (Å²) in [7, 11) is 0. The Morgan fingerprint density at radius 1 is 1.59 bits per heavy atom. The monoisotopic (exact) mass is 228 g/mol. The van der Waals surface area contributed by atoms with E-state index in [1.54, 1.807) is 6.08 Å². The Balaban J connectivity index is 2.74. The number of amides is 1. The fourth-order valence-corrected chi connectivity index (χ4v) is 1.65. The molecule has 3 heteroatoms. The van der Waals surface area contributed by atoms with Crippen molar-refractivity contribution < 1.29 is 4.79 Å². The second-order valence-corrected chi connectivity index (χ2v) is 3.84. The number of carbonyl (C=O) groups excluding carboxylic acids is 1. The number of hydrogen-bond acceptors (Lipinski definition) is 2. The smallest absolute Gasteiger partial charge is 0.221 e. The molecular weight excluding hydrogens is 212 g/mol. The Kier molecular flexibility index (Phi) is 4.96. The lowest BCUT2D eigenvalue weighted by Gasteiger charge is -2.11. The summed E-state index contributed by atoms with van der Waals surface area (Å²) < 4.78 is 0. The summed E-state index contributed by atoms with van der Waals surface area (Å²) in [6, 6.07) is 9.82. The zero-order valence-corrected chi connectivity index (χ0v) is 9.94. The maximum Gasteiger partial charge on any atom is 0.221 e. The van der Waals surface area contributed by atoms with Crippen molar-refractivity contribution in [3.8, 4) is 6.07 Å². The lowest BCUT2D eigenvalue weighted by atomic mass is 9.93. The van der Waals surface area contributed by atoms with E-state index in [1.807, 2.05) is 31.2 Å². The quantitative estimate of drug-likeness (QED) is 0.786. The molecule has 17 heavy (non-hydrogen) atoms. The minimum absolute atomic E-state index is 0.125. The van der Waals surface area contributed by atoms with Crippen LogP contribution in [0, 0.1) is 18.3 Å². The predicted octanol–water partition coefficient (Wildman–Crippen LogP) is 2.29. The standard InChI is InChI=1S/C14H16N2O/c1-3-8-16-14(17)9-12(10-15)13-7-5-4-6-11(13)2/h3-7,12H,1,8-9H2,2H3,(H,16,17). The number of nitrogens with one attached hydrogen (secondary N) is 1. The van der Waals surface area contributed by atoms with E-state index in [1.165, 1.54) is 0 Å². The molecule has 0 aliphatic rings. The van der Waals surface area contributed by atoms with Gasteiger partial charge in [-0.3, -0.25) is 4.79 Å². The fourth-order valence-electron chi connectivity index (χ4n) is 1.65. The van der Waals surface area contributed by atoms with E-state index in [0.29, 0.717) is 6.54 Å². The second kappa shape index (κ2) is 6.49. The molecule has 1 unspecified atom stereocenters. The van der Waals surface area contributed by atoms with Crippen molar-refractivity contribution in [1.82, 2.24) is 5.32 Å². The van der Waals surface area contributed by atoms with Crippen molar-refractivity contribution in [2.75, 3.05) is 6.54 Å². The first-order valence-corrected chi connectivity index (χ1v) is 5.51. The van der Waals surface area contributed by atoms with E-state index in [4.69, 9.17) is 5.26 Å². The zero-order chi connectivity index (χ0) is 12.7. The number of rotatable bonds is 5. The maximum absolute atomic E-state index is 11.5. The summed E-state index contributed by atoms with van der Waals surface area (Å²) in [5.74, 6) is -0.513. The van der Waals surface area contributed by atoms with Gasteiger partial charge in [0.15, 0.2) is 0 Å². The van der Waals surface area contributed by atoms with Gasteiger partial charge in [0.25, 0.3) is 0 Å². The third kappa shape index (κ3) is 3.76. The molecule has 0 spiro atoms. The highest BCUT2D eigenvalue weighted by atomic mass is 16.1. The molecule has 0 heterocycles. The van der Waals surface area contributed by atoms with Gasteiger partial charge in [0, 0.05) is 13.0 Å². The van der Waals surface area contributed by atoms with Gasteiger partial charge in [-0.15, -0.1) is 6.58 Å². The first-order valence-electron chi connectivity index (χ1n) is 5.51. The highest BCUT2D eigenvalue weighted by Crippen LogP contribution is 2.22. The van der Waals surface area contributed by atoms with Crippen molar-refractivity contribution in [3.05, 3.63) is 48.0 Å². The average molecular weight is 228 g/mol. The Labute approximate surface area is 102 Å². The highest BCUT2D eigenvalue weighted by Gasteiger charge is 2.16. The van der Waals surface area contributed by atoms with Gasteiger partial charge in [-0.2, -0.15) is 5.26 Å². The van der Waals surface area contributed by atoms with Crippen molar-refractivity contribution in [1.29, 1.82) is 5.26 Å². The van der Waals surface area contributed by atoms with Crippen LogP contribution in [0.2, 0.25) is 0 Å². The van der Waals surface area contributed by atoms with Crippen LogP contribution in [0.15, 0.2) is 36.9 Å². The van der Waals surface area contributed by atoms with Gasteiger partial charge >= 0.3 is 0 Å². The number of aryl methyl sites for hydroxylation is 1. The molecule has 0 saturated heterocycles. The fraction of sp³-hybridized carbons (Fsp3) is 0.286. The number of nitriles is 1. The summed E-state index contributed by atoms with van der Waals surface area (Å²) in [5, 5.41) is 11.8. The van der Waals surface area contributed by atoms with E-state index < -0.39 is 0 Å². The third-order valence-corrected chi connectivity index (χ3v) is 2.55. The zero-order valence-electron chi connectivity index (χ0n) is 9.94. The number of nitrogens with zero attached hydrogens (tertiary/aromatic N) is 1. The van der Waals surface area contributed by atoms with Crippen LogP contribution in [-0.2, 0) is 4.79 Å². The SMILES string of the molecule is C=CCNC(=O)CC(C#N)c1ccccc1C. The van der Waals surface area contributed by atoms with Gasteiger partial charge in [0.1, 0.15) is 0 Å². The van der Waals surface area contributed by atoms with E-state index in [2.05, 4.69) is 18.0 Å². The molecule has 1 aromatic carbocycles. The predicted molar refractivity (Wildman–Crippen MR) is 67.4 cm³/mol. The van der Waals surface area contributed by atoms with Crippen LogP contribution in [0.4, 0.5) is 0 Å². The van der Waals surface area contributed by atoms with Crippen molar-refractivity contribution in [3.63, 3.8) is 0 Å². The van der Waals surface area contributed by atoms with E-state index in [9.17, 15) is 4.79 Å². The Morgan fingerprint density at radius 3 is 2.88 bits per heavy atom.